The molecule has 1 N–H and O–H groups in total. The average molecular weight is 227 g/mol. The lowest BCUT2D eigenvalue weighted by atomic mass is 9.95. The number of amides is 1. The van der Waals surface area contributed by atoms with Crippen molar-refractivity contribution in [2.75, 3.05) is 6.54 Å². The van der Waals surface area contributed by atoms with Crippen LogP contribution in [-0.2, 0) is 4.79 Å². The summed E-state index contributed by atoms with van der Waals surface area (Å²) in [5, 5.41) is 9.46. The van der Waals surface area contributed by atoms with Gasteiger partial charge in [-0.15, -0.1) is 0 Å². The van der Waals surface area contributed by atoms with Crippen molar-refractivity contribution in [3.63, 3.8) is 0 Å². The second-order valence-corrected chi connectivity index (χ2v) is 5.08. The molecule has 1 fully saturated rings. The third-order valence-electron chi connectivity index (χ3n) is 3.56. The second-order valence-electron chi connectivity index (χ2n) is 5.08. The van der Waals surface area contributed by atoms with Gasteiger partial charge in [-0.1, -0.05) is 13.8 Å². The first-order chi connectivity index (χ1) is 7.56. The lowest BCUT2D eigenvalue weighted by molar-refractivity contribution is -0.139. The van der Waals surface area contributed by atoms with E-state index >= 15 is 0 Å². The summed E-state index contributed by atoms with van der Waals surface area (Å²) >= 11 is 0. The Morgan fingerprint density at radius 3 is 2.69 bits per heavy atom. The van der Waals surface area contributed by atoms with Crippen molar-refractivity contribution in [2.45, 2.75) is 65.0 Å². The third kappa shape index (κ3) is 3.48. The highest BCUT2D eigenvalue weighted by atomic mass is 16.3. The molecule has 1 heterocycles. The molecule has 3 atom stereocenters. The van der Waals surface area contributed by atoms with Gasteiger partial charge in [0.1, 0.15) is 0 Å². The zero-order valence-electron chi connectivity index (χ0n) is 10.8. The molecule has 0 radical (unpaired) electrons. The predicted octanol–water partition coefficient (Wildman–Crippen LogP) is 2.18. The number of hydrogen-bond acceptors (Lipinski definition) is 2. The molecule has 1 aliphatic rings. The van der Waals surface area contributed by atoms with Crippen molar-refractivity contribution in [2.24, 2.45) is 5.92 Å². The zero-order valence-corrected chi connectivity index (χ0v) is 10.8. The van der Waals surface area contributed by atoms with E-state index in [1.807, 2.05) is 11.8 Å². The Bertz CT molecular complexity index is 228. The smallest absolute Gasteiger partial charge is 0.225 e. The molecule has 0 aliphatic carbocycles. The number of likely N-dealkylation sites (tertiary alicyclic amines) is 1. The quantitative estimate of drug-likeness (QED) is 0.799. The number of piperidine rings is 1. The standard InChI is InChI=1S/C13H25NO2/c1-4-10(2)13(16)14-8-6-5-7-12(14)9-11(3)15/h10-12,15H,4-9H2,1-3H3. The summed E-state index contributed by atoms with van der Waals surface area (Å²) in [6.07, 6.45) is 4.65. The van der Waals surface area contributed by atoms with Crippen LogP contribution in [0.4, 0.5) is 0 Å². The summed E-state index contributed by atoms with van der Waals surface area (Å²) in [6, 6.07) is 0.259. The number of aliphatic hydroxyl groups excluding tert-OH is 1. The Morgan fingerprint density at radius 2 is 2.12 bits per heavy atom. The molecule has 1 amide bonds. The van der Waals surface area contributed by atoms with Crippen LogP contribution in [0.2, 0.25) is 0 Å². The summed E-state index contributed by atoms with van der Waals surface area (Å²) in [7, 11) is 0. The van der Waals surface area contributed by atoms with Crippen LogP contribution in [0, 0.1) is 5.92 Å². The molecule has 1 aliphatic heterocycles. The van der Waals surface area contributed by atoms with Crippen LogP contribution in [0.1, 0.15) is 52.9 Å². The molecule has 94 valence electrons. The number of hydrogen-bond donors (Lipinski definition) is 1. The van der Waals surface area contributed by atoms with E-state index in [-0.39, 0.29) is 24.0 Å². The van der Waals surface area contributed by atoms with Crippen LogP contribution >= 0.6 is 0 Å². The van der Waals surface area contributed by atoms with Crippen molar-refractivity contribution in [1.29, 1.82) is 0 Å². The van der Waals surface area contributed by atoms with Gasteiger partial charge in [-0.2, -0.15) is 0 Å². The molecule has 0 aromatic carbocycles. The summed E-state index contributed by atoms with van der Waals surface area (Å²) in [5.74, 6) is 0.391. The van der Waals surface area contributed by atoms with E-state index in [2.05, 4.69) is 6.92 Å². The maximum Gasteiger partial charge on any atom is 0.225 e. The first-order valence-electron chi connectivity index (χ1n) is 6.54. The number of aliphatic hydroxyl groups is 1. The normalized spacial score (nSPS) is 25.2. The van der Waals surface area contributed by atoms with Crippen LogP contribution in [0.5, 0.6) is 0 Å². The van der Waals surface area contributed by atoms with E-state index < -0.39 is 0 Å². The summed E-state index contributed by atoms with van der Waals surface area (Å²) in [5.41, 5.74) is 0. The minimum atomic E-state index is -0.310. The molecular formula is C13H25NO2. The summed E-state index contributed by atoms with van der Waals surface area (Å²) in [6.45, 7) is 6.73. The van der Waals surface area contributed by atoms with Gasteiger partial charge in [0.05, 0.1) is 6.10 Å². The minimum Gasteiger partial charge on any atom is -0.393 e. The molecule has 0 spiro atoms. The molecule has 0 bridgehead atoms. The van der Waals surface area contributed by atoms with E-state index in [0.717, 1.165) is 32.2 Å². The van der Waals surface area contributed by atoms with Crippen LogP contribution < -0.4 is 0 Å². The SMILES string of the molecule is CCC(C)C(=O)N1CCCCC1CC(C)O. The van der Waals surface area contributed by atoms with Gasteiger partial charge in [-0.3, -0.25) is 4.79 Å². The predicted molar refractivity (Wildman–Crippen MR) is 65.1 cm³/mol. The fraction of sp³-hybridized carbons (Fsp3) is 0.923. The van der Waals surface area contributed by atoms with E-state index in [1.165, 1.54) is 6.42 Å². The van der Waals surface area contributed by atoms with Gasteiger partial charge in [0.2, 0.25) is 5.91 Å². The highest BCUT2D eigenvalue weighted by Gasteiger charge is 2.29. The van der Waals surface area contributed by atoms with E-state index in [1.54, 1.807) is 6.92 Å². The van der Waals surface area contributed by atoms with Gasteiger partial charge < -0.3 is 10.0 Å². The highest BCUT2D eigenvalue weighted by molar-refractivity contribution is 5.78. The monoisotopic (exact) mass is 227 g/mol. The van der Waals surface area contributed by atoms with Crippen molar-refractivity contribution >= 4 is 5.91 Å². The molecule has 1 saturated heterocycles. The van der Waals surface area contributed by atoms with Crippen LogP contribution in [-0.4, -0.2) is 34.6 Å². The van der Waals surface area contributed by atoms with E-state index in [9.17, 15) is 9.90 Å². The molecule has 0 aromatic heterocycles. The minimum absolute atomic E-state index is 0.120. The Balaban J connectivity index is 2.62. The molecule has 1 rings (SSSR count). The molecule has 0 aromatic rings. The molecule has 3 unspecified atom stereocenters. The lowest BCUT2D eigenvalue weighted by Gasteiger charge is -2.38. The van der Waals surface area contributed by atoms with E-state index in [4.69, 9.17) is 0 Å². The topological polar surface area (TPSA) is 40.5 Å². The average Bonchev–Trinajstić information content (AvgIpc) is 2.27. The maximum atomic E-state index is 12.2. The van der Waals surface area contributed by atoms with Crippen molar-refractivity contribution < 1.29 is 9.90 Å². The Kier molecular flexibility index (Phi) is 5.26. The molecule has 3 nitrogen and oxygen atoms in total. The number of carbonyl (C=O) groups is 1. The number of rotatable bonds is 4. The maximum absolute atomic E-state index is 12.2. The summed E-state index contributed by atoms with van der Waals surface area (Å²) in [4.78, 5) is 14.2. The van der Waals surface area contributed by atoms with Crippen molar-refractivity contribution in [1.82, 2.24) is 4.90 Å². The molecule has 0 saturated carbocycles. The third-order valence-corrected chi connectivity index (χ3v) is 3.56. The fourth-order valence-electron chi connectivity index (χ4n) is 2.39. The first kappa shape index (κ1) is 13.5. The number of nitrogens with zero attached hydrogens (tertiary/aromatic N) is 1. The van der Waals surface area contributed by atoms with E-state index in [0.29, 0.717) is 0 Å². The van der Waals surface area contributed by atoms with Gasteiger partial charge in [0.25, 0.3) is 0 Å². The Morgan fingerprint density at radius 1 is 1.44 bits per heavy atom. The van der Waals surface area contributed by atoms with Crippen LogP contribution in [0.3, 0.4) is 0 Å². The van der Waals surface area contributed by atoms with Crippen molar-refractivity contribution in [3.05, 3.63) is 0 Å². The van der Waals surface area contributed by atoms with Gasteiger partial charge in [-0.05, 0) is 39.0 Å². The summed E-state index contributed by atoms with van der Waals surface area (Å²) < 4.78 is 0. The highest BCUT2D eigenvalue weighted by Crippen LogP contribution is 2.23. The largest absolute Gasteiger partial charge is 0.393 e. The fourth-order valence-corrected chi connectivity index (χ4v) is 2.39. The first-order valence-corrected chi connectivity index (χ1v) is 6.54. The Hall–Kier alpha value is -0.570. The van der Waals surface area contributed by atoms with Crippen LogP contribution in [0.25, 0.3) is 0 Å². The zero-order chi connectivity index (χ0) is 12.1. The molecule has 3 heteroatoms. The van der Waals surface area contributed by atoms with Gasteiger partial charge in [0.15, 0.2) is 0 Å². The van der Waals surface area contributed by atoms with Gasteiger partial charge in [0, 0.05) is 18.5 Å². The lowest BCUT2D eigenvalue weighted by Crippen LogP contribution is -2.47. The Labute approximate surface area is 98.8 Å². The molecular weight excluding hydrogens is 202 g/mol. The van der Waals surface area contributed by atoms with Gasteiger partial charge >= 0.3 is 0 Å². The van der Waals surface area contributed by atoms with Crippen LogP contribution in [0.15, 0.2) is 0 Å². The van der Waals surface area contributed by atoms with Gasteiger partial charge in [-0.25, -0.2) is 0 Å². The van der Waals surface area contributed by atoms with Crippen molar-refractivity contribution in [3.8, 4) is 0 Å². The molecule has 16 heavy (non-hydrogen) atoms. The second kappa shape index (κ2) is 6.24. The number of carbonyl (C=O) groups excluding carboxylic acids is 1.